The smallest absolute Gasteiger partial charge is 0.223 e. The lowest BCUT2D eigenvalue weighted by atomic mass is 10.0. The normalized spacial score (nSPS) is 20.3. The largest absolute Gasteiger partial charge is 0.394 e. The monoisotopic (exact) mass is 217 g/mol. The van der Waals surface area contributed by atoms with Crippen molar-refractivity contribution in [2.75, 3.05) is 19.4 Å². The molecule has 14 heavy (non-hydrogen) atoms. The number of rotatable bonds is 5. The van der Waals surface area contributed by atoms with Gasteiger partial charge in [-0.25, -0.2) is 0 Å². The fourth-order valence-corrected chi connectivity index (χ4v) is 1.81. The number of hydrogen-bond donors (Lipinski definition) is 2. The van der Waals surface area contributed by atoms with Crippen LogP contribution < -0.4 is 0 Å². The maximum atomic E-state index is 11.7. The van der Waals surface area contributed by atoms with Crippen LogP contribution in [0.3, 0.4) is 0 Å². The number of likely N-dealkylation sites (N-methyl/N-ethyl adjacent to an activating group) is 1. The van der Waals surface area contributed by atoms with Crippen molar-refractivity contribution in [3.63, 3.8) is 0 Å². The first kappa shape index (κ1) is 11.9. The first-order chi connectivity index (χ1) is 6.54. The van der Waals surface area contributed by atoms with Crippen LogP contribution in [0.5, 0.6) is 0 Å². The van der Waals surface area contributed by atoms with Crippen molar-refractivity contribution in [2.24, 2.45) is 5.41 Å². The molecule has 3 nitrogen and oxygen atoms in total. The molecule has 0 radical (unpaired) electrons. The fraction of sp³-hybridized carbons (Fsp3) is 0.900. The standard InChI is InChI=1S/C10H19NO2S/c1-8(6-12)11(2)9(13)5-10(7-14)3-4-10/h8,12,14H,3-7H2,1-2H3. The first-order valence-corrected chi connectivity index (χ1v) is 5.65. The molecule has 0 heterocycles. The second-order valence-electron chi connectivity index (χ2n) is 4.37. The molecule has 0 aromatic rings. The van der Waals surface area contributed by atoms with Crippen LogP contribution in [0.25, 0.3) is 0 Å². The Morgan fingerprint density at radius 2 is 2.21 bits per heavy atom. The van der Waals surface area contributed by atoms with E-state index in [0.717, 1.165) is 18.6 Å². The van der Waals surface area contributed by atoms with Crippen LogP contribution in [-0.2, 0) is 4.79 Å². The summed E-state index contributed by atoms with van der Waals surface area (Å²) in [5, 5.41) is 8.92. The van der Waals surface area contributed by atoms with E-state index in [0.29, 0.717) is 6.42 Å². The van der Waals surface area contributed by atoms with Crippen molar-refractivity contribution in [3.05, 3.63) is 0 Å². The summed E-state index contributed by atoms with van der Waals surface area (Å²) in [7, 11) is 1.75. The summed E-state index contributed by atoms with van der Waals surface area (Å²) >= 11 is 4.26. The lowest BCUT2D eigenvalue weighted by molar-refractivity contribution is -0.133. The van der Waals surface area contributed by atoms with Gasteiger partial charge in [-0.05, 0) is 30.9 Å². The van der Waals surface area contributed by atoms with Crippen molar-refractivity contribution >= 4 is 18.5 Å². The Morgan fingerprint density at radius 1 is 1.64 bits per heavy atom. The summed E-state index contributed by atoms with van der Waals surface area (Å²) in [6.45, 7) is 1.87. The molecule has 1 rings (SSSR count). The average Bonchev–Trinajstić information content (AvgIpc) is 2.96. The molecular formula is C10H19NO2S. The van der Waals surface area contributed by atoms with Gasteiger partial charge in [-0.3, -0.25) is 4.79 Å². The van der Waals surface area contributed by atoms with E-state index in [2.05, 4.69) is 12.6 Å². The van der Waals surface area contributed by atoms with E-state index < -0.39 is 0 Å². The lowest BCUT2D eigenvalue weighted by Gasteiger charge is -2.25. The van der Waals surface area contributed by atoms with Crippen LogP contribution in [-0.4, -0.2) is 41.4 Å². The molecule has 4 heteroatoms. The van der Waals surface area contributed by atoms with Crippen molar-refractivity contribution in [1.82, 2.24) is 4.90 Å². The zero-order valence-electron chi connectivity index (χ0n) is 8.86. The van der Waals surface area contributed by atoms with Crippen LogP contribution >= 0.6 is 12.6 Å². The van der Waals surface area contributed by atoms with Crippen LogP contribution in [0.15, 0.2) is 0 Å². The van der Waals surface area contributed by atoms with E-state index in [9.17, 15) is 4.79 Å². The summed E-state index contributed by atoms with van der Waals surface area (Å²) in [5.41, 5.74) is 0.170. The Hall–Kier alpha value is -0.220. The Labute approximate surface area is 90.9 Å². The van der Waals surface area contributed by atoms with Crippen LogP contribution in [0, 0.1) is 5.41 Å². The van der Waals surface area contributed by atoms with Gasteiger partial charge in [0, 0.05) is 13.5 Å². The molecule has 0 saturated heterocycles. The van der Waals surface area contributed by atoms with Gasteiger partial charge in [-0.15, -0.1) is 0 Å². The third-order valence-electron chi connectivity index (χ3n) is 3.14. The quantitative estimate of drug-likeness (QED) is 0.673. The van der Waals surface area contributed by atoms with E-state index in [1.165, 1.54) is 0 Å². The SMILES string of the molecule is CC(CO)N(C)C(=O)CC1(CS)CC1. The predicted molar refractivity (Wildman–Crippen MR) is 59.5 cm³/mol. The molecular weight excluding hydrogens is 198 g/mol. The van der Waals surface area contributed by atoms with Gasteiger partial charge in [0.2, 0.25) is 5.91 Å². The Bertz CT molecular complexity index is 216. The molecule has 1 amide bonds. The summed E-state index contributed by atoms with van der Waals surface area (Å²) in [6.07, 6.45) is 2.81. The van der Waals surface area contributed by atoms with Gasteiger partial charge in [0.1, 0.15) is 0 Å². The van der Waals surface area contributed by atoms with E-state index >= 15 is 0 Å². The fourth-order valence-electron chi connectivity index (χ4n) is 1.38. The highest BCUT2D eigenvalue weighted by Crippen LogP contribution is 2.49. The van der Waals surface area contributed by atoms with Gasteiger partial charge in [0.05, 0.1) is 12.6 Å². The minimum Gasteiger partial charge on any atom is -0.394 e. The number of carbonyl (C=O) groups excluding carboxylic acids is 1. The molecule has 0 aromatic heterocycles. The number of aliphatic hydroxyl groups excluding tert-OH is 1. The zero-order valence-corrected chi connectivity index (χ0v) is 9.76. The van der Waals surface area contributed by atoms with E-state index in [1.54, 1.807) is 11.9 Å². The maximum absolute atomic E-state index is 11.7. The number of hydrogen-bond acceptors (Lipinski definition) is 3. The molecule has 1 fully saturated rings. The highest BCUT2D eigenvalue weighted by atomic mass is 32.1. The number of aliphatic hydroxyl groups is 1. The summed E-state index contributed by atoms with van der Waals surface area (Å²) < 4.78 is 0. The van der Waals surface area contributed by atoms with Crippen molar-refractivity contribution in [2.45, 2.75) is 32.2 Å². The minimum absolute atomic E-state index is 0.0239. The summed E-state index contributed by atoms with van der Waals surface area (Å²) in [4.78, 5) is 13.4. The Balaban J connectivity index is 2.41. The molecule has 1 unspecified atom stereocenters. The number of nitrogens with zero attached hydrogens (tertiary/aromatic N) is 1. The highest BCUT2D eigenvalue weighted by Gasteiger charge is 2.43. The molecule has 1 aliphatic carbocycles. The summed E-state index contributed by atoms with van der Waals surface area (Å²) in [5.74, 6) is 0.915. The van der Waals surface area contributed by atoms with Crippen molar-refractivity contribution in [1.29, 1.82) is 0 Å². The number of carbonyl (C=O) groups is 1. The molecule has 0 aromatic carbocycles. The zero-order chi connectivity index (χ0) is 10.8. The predicted octanol–water partition coefficient (Wildman–Crippen LogP) is 0.926. The van der Waals surface area contributed by atoms with Crippen molar-refractivity contribution < 1.29 is 9.90 Å². The van der Waals surface area contributed by atoms with Gasteiger partial charge in [-0.1, -0.05) is 0 Å². The molecule has 1 atom stereocenters. The van der Waals surface area contributed by atoms with Crippen LogP contribution in [0.2, 0.25) is 0 Å². The molecule has 1 N–H and O–H groups in total. The van der Waals surface area contributed by atoms with Crippen LogP contribution in [0.1, 0.15) is 26.2 Å². The molecule has 0 aliphatic heterocycles. The molecule has 82 valence electrons. The first-order valence-electron chi connectivity index (χ1n) is 5.02. The second-order valence-corrected chi connectivity index (χ2v) is 4.69. The van der Waals surface area contributed by atoms with Gasteiger partial charge in [0.15, 0.2) is 0 Å². The van der Waals surface area contributed by atoms with Gasteiger partial charge in [0.25, 0.3) is 0 Å². The van der Waals surface area contributed by atoms with E-state index in [-0.39, 0.29) is 24.0 Å². The number of amides is 1. The van der Waals surface area contributed by atoms with Gasteiger partial charge in [-0.2, -0.15) is 12.6 Å². The third-order valence-corrected chi connectivity index (χ3v) is 3.81. The molecule has 0 spiro atoms. The molecule has 1 aliphatic rings. The van der Waals surface area contributed by atoms with Crippen LogP contribution in [0.4, 0.5) is 0 Å². The van der Waals surface area contributed by atoms with Gasteiger partial charge < -0.3 is 10.0 Å². The molecule has 0 bridgehead atoms. The van der Waals surface area contributed by atoms with Crippen molar-refractivity contribution in [3.8, 4) is 0 Å². The Morgan fingerprint density at radius 3 is 2.57 bits per heavy atom. The lowest BCUT2D eigenvalue weighted by Crippen LogP contribution is -2.38. The van der Waals surface area contributed by atoms with Gasteiger partial charge >= 0.3 is 0 Å². The van der Waals surface area contributed by atoms with E-state index in [4.69, 9.17) is 5.11 Å². The minimum atomic E-state index is -0.0850. The second kappa shape index (κ2) is 4.53. The third kappa shape index (κ3) is 2.64. The van der Waals surface area contributed by atoms with E-state index in [1.807, 2.05) is 6.92 Å². The summed E-state index contributed by atoms with van der Waals surface area (Å²) in [6, 6.07) is -0.0850. The highest BCUT2D eigenvalue weighted by molar-refractivity contribution is 7.80. The Kier molecular flexibility index (Phi) is 3.84. The molecule has 1 saturated carbocycles. The average molecular weight is 217 g/mol. The topological polar surface area (TPSA) is 40.5 Å². The number of thiol groups is 1. The maximum Gasteiger partial charge on any atom is 0.223 e.